The molecule has 0 bridgehead atoms. The second kappa shape index (κ2) is 2.73. The molecule has 0 aliphatic rings. The Labute approximate surface area is 45.0 Å². The molecule has 0 aromatic rings. The van der Waals surface area contributed by atoms with Gasteiger partial charge in [0.2, 0.25) is 0 Å². The number of hydrogen-bond donors (Lipinski definition) is 0. The molecule has 0 fully saturated rings. The molecule has 0 aromatic carbocycles. The Morgan fingerprint density at radius 2 is 2.20 bits per heavy atom. The molecule has 0 saturated carbocycles. The van der Waals surface area contributed by atoms with Crippen LogP contribution in [0.2, 0.25) is 0 Å². The summed E-state index contributed by atoms with van der Waals surface area (Å²) in [5.74, 6) is 0. The van der Waals surface area contributed by atoms with Crippen LogP contribution in [-0.4, -0.2) is 0 Å². The minimum absolute atomic E-state index is 0.553. The third-order valence-corrected chi connectivity index (χ3v) is 0.632. The average molecular weight is 154 g/mol. The van der Waals surface area contributed by atoms with Crippen molar-refractivity contribution in [2.75, 3.05) is 0 Å². The first kappa shape index (κ1) is 5.51. The van der Waals surface area contributed by atoms with E-state index in [1.807, 2.05) is 0 Å². The van der Waals surface area contributed by atoms with E-state index < -0.39 is 0 Å². The highest BCUT2D eigenvalue weighted by Crippen LogP contribution is 2.06. The van der Waals surface area contributed by atoms with Gasteiger partial charge in [0.05, 0.1) is 3.94 Å². The van der Waals surface area contributed by atoms with Gasteiger partial charge in [-0.05, 0) is 22.9 Å². The Morgan fingerprint density at radius 3 is 2.20 bits per heavy atom. The molecule has 5 heavy (non-hydrogen) atoms. The summed E-state index contributed by atoms with van der Waals surface area (Å²) >= 11 is 8.11. The third kappa shape index (κ3) is 4.51. The lowest BCUT2D eigenvalue weighted by Crippen LogP contribution is -1.37. The molecule has 1 radical (unpaired) electrons. The molecule has 29 valence electrons. The zero-order valence-corrected chi connectivity index (χ0v) is 4.88. The first-order valence-electron chi connectivity index (χ1n) is 1.07. The molecule has 0 saturated heterocycles. The number of allylic oxidation sites excluding steroid dienone is 1. The Kier molecular flexibility index (Phi) is 3.01. The van der Waals surface area contributed by atoms with E-state index in [1.165, 1.54) is 6.08 Å². The molecule has 0 unspecified atom stereocenters. The fraction of sp³-hybridized carbons (Fsp3) is 0. The van der Waals surface area contributed by atoms with Crippen LogP contribution in [0.25, 0.3) is 0 Å². The van der Waals surface area contributed by atoms with Crippen molar-refractivity contribution in [3.8, 4) is 0 Å². The molecule has 2 heteroatoms. The summed E-state index contributed by atoms with van der Waals surface area (Å²) in [6, 6.07) is 0. The average Bonchev–Trinajstić information content (AvgIpc) is 1.38. The fourth-order valence-electron chi connectivity index (χ4n) is 0. The van der Waals surface area contributed by atoms with Gasteiger partial charge < -0.3 is 0 Å². The van der Waals surface area contributed by atoms with E-state index in [4.69, 9.17) is 11.6 Å². The SMILES string of the molecule is [CH2]/C=C(\Cl)Br. The predicted molar refractivity (Wildman–Crippen MR) is 28.2 cm³/mol. The zero-order chi connectivity index (χ0) is 4.28. The minimum atomic E-state index is 0.553. The smallest absolute Gasteiger partial charge is 0.0765 e. The number of rotatable bonds is 0. The van der Waals surface area contributed by atoms with Gasteiger partial charge in [-0.2, -0.15) is 0 Å². The van der Waals surface area contributed by atoms with E-state index in [1.54, 1.807) is 0 Å². The molecule has 0 aliphatic carbocycles. The van der Waals surface area contributed by atoms with Crippen LogP contribution in [0.15, 0.2) is 10.0 Å². The van der Waals surface area contributed by atoms with Gasteiger partial charge in [-0.25, -0.2) is 0 Å². The van der Waals surface area contributed by atoms with Gasteiger partial charge >= 0.3 is 0 Å². The van der Waals surface area contributed by atoms with Gasteiger partial charge in [0.1, 0.15) is 0 Å². The lowest BCUT2D eigenvalue weighted by Gasteiger charge is -1.66. The van der Waals surface area contributed by atoms with Crippen molar-refractivity contribution in [2.24, 2.45) is 0 Å². The molecule has 0 aromatic heterocycles. The van der Waals surface area contributed by atoms with Crippen molar-refractivity contribution in [1.82, 2.24) is 0 Å². The van der Waals surface area contributed by atoms with E-state index in [2.05, 4.69) is 22.9 Å². The normalized spacial score (nSPS) is 12.2. The first-order chi connectivity index (χ1) is 2.27. The van der Waals surface area contributed by atoms with E-state index in [9.17, 15) is 0 Å². The summed E-state index contributed by atoms with van der Waals surface area (Å²) in [6.45, 7) is 3.34. The molecule has 0 atom stereocenters. The Hall–Kier alpha value is 0.510. The van der Waals surface area contributed by atoms with Crippen molar-refractivity contribution < 1.29 is 0 Å². The molecule has 0 aliphatic heterocycles. The van der Waals surface area contributed by atoms with E-state index in [0.29, 0.717) is 3.94 Å². The Balaban J connectivity index is 3.14. The standard InChI is InChI=1S/C3H3BrCl/c1-2-3(4)5/h2H,1H2/b3-2-. The van der Waals surface area contributed by atoms with E-state index in [-0.39, 0.29) is 0 Å². The summed E-state index contributed by atoms with van der Waals surface area (Å²) in [4.78, 5) is 0. The van der Waals surface area contributed by atoms with Crippen molar-refractivity contribution in [3.05, 3.63) is 16.9 Å². The number of hydrogen-bond acceptors (Lipinski definition) is 0. The maximum atomic E-state index is 5.18. The highest BCUT2D eigenvalue weighted by atomic mass is 79.9. The van der Waals surface area contributed by atoms with Crippen LogP contribution in [0.1, 0.15) is 0 Å². The lowest BCUT2D eigenvalue weighted by atomic mass is 10.8. The van der Waals surface area contributed by atoms with Crippen LogP contribution in [0, 0.1) is 6.92 Å². The van der Waals surface area contributed by atoms with Crippen LogP contribution >= 0.6 is 27.5 Å². The van der Waals surface area contributed by atoms with Crippen molar-refractivity contribution >= 4 is 27.5 Å². The van der Waals surface area contributed by atoms with Crippen LogP contribution in [0.4, 0.5) is 0 Å². The van der Waals surface area contributed by atoms with Crippen molar-refractivity contribution in [1.29, 1.82) is 0 Å². The second-order valence-electron chi connectivity index (χ2n) is 0.494. The quantitative estimate of drug-likeness (QED) is 0.502. The highest BCUT2D eigenvalue weighted by Gasteiger charge is 1.67. The van der Waals surface area contributed by atoms with Crippen LogP contribution in [0.5, 0.6) is 0 Å². The van der Waals surface area contributed by atoms with Crippen LogP contribution in [-0.2, 0) is 0 Å². The summed E-state index contributed by atoms with van der Waals surface area (Å²) in [7, 11) is 0. The number of halogens is 2. The van der Waals surface area contributed by atoms with Crippen molar-refractivity contribution in [2.45, 2.75) is 0 Å². The zero-order valence-electron chi connectivity index (χ0n) is 2.54. The summed E-state index contributed by atoms with van der Waals surface area (Å²) in [6.07, 6.45) is 1.52. The van der Waals surface area contributed by atoms with Gasteiger partial charge in [0.15, 0.2) is 0 Å². The molecule has 0 rings (SSSR count). The lowest BCUT2D eigenvalue weighted by molar-refractivity contribution is 2.12. The summed E-state index contributed by atoms with van der Waals surface area (Å²) in [5.41, 5.74) is 0. The maximum absolute atomic E-state index is 5.18. The van der Waals surface area contributed by atoms with E-state index in [0.717, 1.165) is 0 Å². The maximum Gasteiger partial charge on any atom is 0.0794 e. The molecule has 0 amide bonds. The molecular weight excluding hydrogens is 151 g/mol. The van der Waals surface area contributed by atoms with Crippen LogP contribution < -0.4 is 0 Å². The highest BCUT2D eigenvalue weighted by molar-refractivity contribution is 9.12. The fourth-order valence-corrected chi connectivity index (χ4v) is 0. The summed E-state index contributed by atoms with van der Waals surface area (Å²) < 4.78 is 0.553. The second-order valence-corrected chi connectivity index (χ2v) is 2.21. The van der Waals surface area contributed by atoms with Crippen LogP contribution in [0.3, 0.4) is 0 Å². The van der Waals surface area contributed by atoms with Crippen molar-refractivity contribution in [3.63, 3.8) is 0 Å². The molecule has 0 spiro atoms. The largest absolute Gasteiger partial charge is 0.0794 e. The Bertz CT molecular complexity index is 44.9. The molecule has 0 nitrogen and oxygen atoms in total. The topological polar surface area (TPSA) is 0 Å². The van der Waals surface area contributed by atoms with E-state index >= 15 is 0 Å². The molecule has 0 N–H and O–H groups in total. The minimum Gasteiger partial charge on any atom is -0.0765 e. The Morgan fingerprint density at radius 1 is 2.00 bits per heavy atom. The van der Waals surface area contributed by atoms with Gasteiger partial charge in [-0.1, -0.05) is 17.7 Å². The third-order valence-electron chi connectivity index (χ3n) is 0.154. The van der Waals surface area contributed by atoms with Gasteiger partial charge in [-0.15, -0.1) is 0 Å². The predicted octanol–water partition coefficient (Wildman–Crippen LogP) is 2.30. The first-order valence-corrected chi connectivity index (χ1v) is 2.25. The molecular formula is C3H3BrCl. The molecule has 0 heterocycles. The monoisotopic (exact) mass is 153 g/mol. The van der Waals surface area contributed by atoms with Gasteiger partial charge in [0.25, 0.3) is 0 Å². The summed E-state index contributed by atoms with van der Waals surface area (Å²) in [5, 5.41) is 0. The van der Waals surface area contributed by atoms with Gasteiger partial charge in [0, 0.05) is 0 Å². The van der Waals surface area contributed by atoms with Gasteiger partial charge in [-0.3, -0.25) is 0 Å².